The molecular formula is C31H47N3O2. The number of benzene rings is 2. The number of nitrogens with zero attached hydrogens (tertiary/aromatic N) is 3. The number of piperazine rings is 1. The first-order chi connectivity index (χ1) is 17.2. The lowest BCUT2D eigenvalue weighted by molar-refractivity contribution is -0.0307. The molecule has 0 aromatic heterocycles. The summed E-state index contributed by atoms with van der Waals surface area (Å²) in [5.41, 5.74) is 3.17. The quantitative estimate of drug-likeness (QED) is 0.347. The van der Waals surface area contributed by atoms with Crippen molar-refractivity contribution in [2.45, 2.75) is 78.4 Å². The summed E-state index contributed by atoms with van der Waals surface area (Å²) >= 11 is 0. The van der Waals surface area contributed by atoms with Crippen molar-refractivity contribution in [1.82, 2.24) is 14.7 Å². The van der Waals surface area contributed by atoms with E-state index < -0.39 is 0 Å². The van der Waals surface area contributed by atoms with Crippen LogP contribution in [0.4, 0.5) is 0 Å². The number of unbranched alkanes of at least 4 members (excludes halogenated alkanes) is 2. The molecule has 2 aromatic carbocycles. The Balaban J connectivity index is 1.97. The summed E-state index contributed by atoms with van der Waals surface area (Å²) in [7, 11) is 1.73. The van der Waals surface area contributed by atoms with Gasteiger partial charge >= 0.3 is 0 Å². The van der Waals surface area contributed by atoms with Gasteiger partial charge in [0.2, 0.25) is 0 Å². The Morgan fingerprint density at radius 2 is 1.75 bits per heavy atom. The zero-order chi connectivity index (χ0) is 26.3. The average Bonchev–Trinajstić information content (AvgIpc) is 2.88. The van der Waals surface area contributed by atoms with Gasteiger partial charge in [0.05, 0.1) is 13.2 Å². The molecule has 0 spiro atoms. The minimum Gasteiger partial charge on any atom is -0.497 e. The molecule has 0 saturated carbocycles. The van der Waals surface area contributed by atoms with E-state index in [1.165, 1.54) is 30.4 Å². The molecule has 1 fully saturated rings. The van der Waals surface area contributed by atoms with Gasteiger partial charge in [-0.25, -0.2) is 0 Å². The summed E-state index contributed by atoms with van der Waals surface area (Å²) in [5.74, 6) is 0.967. The maximum absolute atomic E-state index is 12.9. The van der Waals surface area contributed by atoms with Crippen LogP contribution in [-0.4, -0.2) is 72.0 Å². The minimum atomic E-state index is -0.0117. The smallest absolute Gasteiger partial charge is 0.253 e. The number of carbonyl (C=O) groups excluding carboxylic acids is 1. The van der Waals surface area contributed by atoms with Gasteiger partial charge in [-0.15, -0.1) is 0 Å². The highest BCUT2D eigenvalue weighted by molar-refractivity contribution is 5.94. The third kappa shape index (κ3) is 6.49. The molecule has 36 heavy (non-hydrogen) atoms. The van der Waals surface area contributed by atoms with Gasteiger partial charge in [-0.2, -0.15) is 0 Å². The van der Waals surface area contributed by atoms with Gasteiger partial charge in [0.25, 0.3) is 5.91 Å². The predicted molar refractivity (Wildman–Crippen MR) is 150 cm³/mol. The maximum atomic E-state index is 12.9. The SMILES string of the molecule is CCCCCN1CC(C)(C)N(C(c2ccc(C(=O)N(CC)CC)cc2)c2cccc(OC)c2)CC1C. The molecule has 2 atom stereocenters. The number of ether oxygens (including phenoxy) is 1. The lowest BCUT2D eigenvalue weighted by Gasteiger charge is -2.53. The van der Waals surface area contributed by atoms with E-state index in [-0.39, 0.29) is 17.5 Å². The van der Waals surface area contributed by atoms with Crippen LogP contribution in [0.15, 0.2) is 48.5 Å². The van der Waals surface area contributed by atoms with Gasteiger partial charge in [-0.05, 0) is 83.0 Å². The highest BCUT2D eigenvalue weighted by Crippen LogP contribution is 2.38. The van der Waals surface area contributed by atoms with E-state index in [0.29, 0.717) is 6.04 Å². The Morgan fingerprint density at radius 3 is 2.36 bits per heavy atom. The lowest BCUT2D eigenvalue weighted by Crippen LogP contribution is -2.63. The van der Waals surface area contributed by atoms with Crippen molar-refractivity contribution in [3.05, 3.63) is 65.2 Å². The van der Waals surface area contributed by atoms with Crippen molar-refractivity contribution in [3.63, 3.8) is 0 Å². The minimum absolute atomic E-state index is 0.0117. The second kappa shape index (κ2) is 12.7. The van der Waals surface area contributed by atoms with Gasteiger partial charge in [0.15, 0.2) is 0 Å². The molecular weight excluding hydrogens is 446 g/mol. The first-order valence-corrected chi connectivity index (χ1v) is 13.8. The van der Waals surface area contributed by atoms with Crippen LogP contribution in [0.25, 0.3) is 0 Å². The monoisotopic (exact) mass is 493 g/mol. The molecule has 1 aliphatic rings. The maximum Gasteiger partial charge on any atom is 0.253 e. The number of carbonyl (C=O) groups is 1. The Kier molecular flexibility index (Phi) is 9.98. The largest absolute Gasteiger partial charge is 0.497 e. The van der Waals surface area contributed by atoms with Crippen LogP contribution in [0.2, 0.25) is 0 Å². The fourth-order valence-corrected chi connectivity index (χ4v) is 5.58. The molecule has 2 unspecified atom stereocenters. The van der Waals surface area contributed by atoms with Crippen LogP contribution >= 0.6 is 0 Å². The van der Waals surface area contributed by atoms with Gasteiger partial charge < -0.3 is 9.64 Å². The van der Waals surface area contributed by atoms with Crippen molar-refractivity contribution >= 4 is 5.91 Å². The van der Waals surface area contributed by atoms with E-state index in [1.54, 1.807) is 7.11 Å². The second-order valence-electron chi connectivity index (χ2n) is 10.8. The number of hydrogen-bond donors (Lipinski definition) is 0. The number of methoxy groups -OCH3 is 1. The molecule has 5 heteroatoms. The van der Waals surface area contributed by atoms with Crippen LogP contribution in [0, 0.1) is 0 Å². The molecule has 0 aliphatic carbocycles. The van der Waals surface area contributed by atoms with Crippen LogP contribution < -0.4 is 4.74 Å². The van der Waals surface area contributed by atoms with Crippen molar-refractivity contribution in [1.29, 1.82) is 0 Å². The number of hydrogen-bond acceptors (Lipinski definition) is 4. The van der Waals surface area contributed by atoms with E-state index in [0.717, 1.165) is 44.0 Å². The Morgan fingerprint density at radius 1 is 1.06 bits per heavy atom. The van der Waals surface area contributed by atoms with Crippen LogP contribution in [-0.2, 0) is 0 Å². The van der Waals surface area contributed by atoms with Gasteiger partial charge in [0.1, 0.15) is 5.75 Å². The predicted octanol–water partition coefficient (Wildman–Crippen LogP) is 6.24. The molecule has 0 N–H and O–H groups in total. The zero-order valence-electron chi connectivity index (χ0n) is 23.6. The van der Waals surface area contributed by atoms with Crippen molar-refractivity contribution in [2.75, 3.05) is 39.8 Å². The molecule has 0 radical (unpaired) electrons. The van der Waals surface area contributed by atoms with E-state index in [4.69, 9.17) is 4.74 Å². The van der Waals surface area contributed by atoms with Crippen molar-refractivity contribution < 1.29 is 9.53 Å². The summed E-state index contributed by atoms with van der Waals surface area (Å²) in [6.45, 7) is 18.1. The van der Waals surface area contributed by atoms with Crippen LogP contribution in [0.5, 0.6) is 5.75 Å². The standard InChI is InChI=1S/C31H47N3O2/c1-8-11-12-20-33-23-31(5,6)34(22-24(33)4)29(27-14-13-15-28(21-27)36-7)25-16-18-26(19-17-25)30(35)32(9-2)10-3/h13-19,21,24,29H,8-12,20,22-23H2,1-7H3. The molecule has 198 valence electrons. The molecule has 5 nitrogen and oxygen atoms in total. The number of rotatable bonds is 11. The Bertz CT molecular complexity index is 968. The van der Waals surface area contributed by atoms with E-state index >= 15 is 0 Å². The highest BCUT2D eigenvalue weighted by Gasteiger charge is 2.41. The van der Waals surface area contributed by atoms with Gasteiger partial charge in [-0.3, -0.25) is 14.6 Å². The molecule has 1 heterocycles. The summed E-state index contributed by atoms with van der Waals surface area (Å²) in [4.78, 5) is 20.1. The molecule has 1 saturated heterocycles. The van der Waals surface area contributed by atoms with Crippen LogP contribution in [0.3, 0.4) is 0 Å². The summed E-state index contributed by atoms with van der Waals surface area (Å²) < 4.78 is 5.60. The van der Waals surface area contributed by atoms with Crippen LogP contribution in [0.1, 0.15) is 88.3 Å². The molecule has 1 amide bonds. The third-order valence-electron chi connectivity index (χ3n) is 7.75. The van der Waals surface area contributed by atoms with Gasteiger partial charge in [0, 0.05) is 43.3 Å². The first-order valence-electron chi connectivity index (χ1n) is 13.8. The summed E-state index contributed by atoms with van der Waals surface area (Å²) in [6.07, 6.45) is 3.80. The number of amides is 1. The molecule has 3 rings (SSSR count). The zero-order valence-corrected chi connectivity index (χ0v) is 23.6. The second-order valence-corrected chi connectivity index (χ2v) is 10.8. The van der Waals surface area contributed by atoms with E-state index in [2.05, 4.69) is 67.8 Å². The Labute approximate surface area is 219 Å². The summed E-state index contributed by atoms with van der Waals surface area (Å²) in [6, 6.07) is 17.3. The van der Waals surface area contributed by atoms with Crippen molar-refractivity contribution in [3.8, 4) is 5.75 Å². The molecule has 0 bridgehead atoms. The highest BCUT2D eigenvalue weighted by atomic mass is 16.5. The van der Waals surface area contributed by atoms with E-state index in [9.17, 15) is 4.79 Å². The average molecular weight is 494 g/mol. The fourth-order valence-electron chi connectivity index (χ4n) is 5.58. The first kappa shape index (κ1) is 28.2. The summed E-state index contributed by atoms with van der Waals surface area (Å²) in [5, 5.41) is 0. The topological polar surface area (TPSA) is 36.0 Å². The Hall–Kier alpha value is -2.37. The lowest BCUT2D eigenvalue weighted by atomic mass is 9.87. The molecule has 2 aromatic rings. The normalized spacial score (nSPS) is 19.1. The van der Waals surface area contributed by atoms with Gasteiger partial charge in [-0.1, -0.05) is 44.0 Å². The van der Waals surface area contributed by atoms with E-state index in [1.807, 2.05) is 36.9 Å². The fraction of sp³-hybridized carbons (Fsp3) is 0.581. The van der Waals surface area contributed by atoms with Crippen molar-refractivity contribution in [2.24, 2.45) is 0 Å². The molecule has 1 aliphatic heterocycles. The third-order valence-corrected chi connectivity index (χ3v) is 7.75.